The number of aryl methyl sites for hydroxylation is 2. The SMILES string of the molecule is Cc1ccccc1-n1c(C)cc([C@H]2[C@@H](c3ccccn3)NC(=S)N2C[C@@H]2CCCO2)c1C. The highest BCUT2D eigenvalue weighted by molar-refractivity contribution is 7.80. The van der Waals surface area contributed by atoms with Crippen molar-refractivity contribution in [2.24, 2.45) is 0 Å². The van der Waals surface area contributed by atoms with E-state index >= 15 is 0 Å². The van der Waals surface area contributed by atoms with Crippen LogP contribution in [-0.2, 0) is 4.74 Å². The molecule has 1 aromatic carbocycles. The van der Waals surface area contributed by atoms with Crippen molar-refractivity contribution in [3.63, 3.8) is 0 Å². The summed E-state index contributed by atoms with van der Waals surface area (Å²) < 4.78 is 8.35. The Morgan fingerprint density at radius 2 is 1.94 bits per heavy atom. The molecular formula is C26H30N4OS. The van der Waals surface area contributed by atoms with Crippen molar-refractivity contribution < 1.29 is 4.74 Å². The van der Waals surface area contributed by atoms with Crippen LogP contribution in [0.1, 0.15) is 53.1 Å². The van der Waals surface area contributed by atoms with Gasteiger partial charge >= 0.3 is 0 Å². The van der Waals surface area contributed by atoms with E-state index in [9.17, 15) is 0 Å². The summed E-state index contributed by atoms with van der Waals surface area (Å²) in [7, 11) is 0. The van der Waals surface area contributed by atoms with E-state index in [0.29, 0.717) is 0 Å². The highest BCUT2D eigenvalue weighted by Crippen LogP contribution is 2.42. The topological polar surface area (TPSA) is 42.3 Å². The number of aromatic nitrogens is 2. The molecule has 2 fully saturated rings. The summed E-state index contributed by atoms with van der Waals surface area (Å²) in [4.78, 5) is 7.01. The lowest BCUT2D eigenvalue weighted by molar-refractivity contribution is 0.0842. The van der Waals surface area contributed by atoms with Crippen LogP contribution in [0.2, 0.25) is 0 Å². The number of hydrogen-bond acceptors (Lipinski definition) is 3. The zero-order chi connectivity index (χ0) is 22.2. The van der Waals surface area contributed by atoms with Gasteiger partial charge < -0.3 is 19.5 Å². The third-order valence-corrected chi connectivity index (χ3v) is 7.12. The highest BCUT2D eigenvalue weighted by Gasteiger charge is 2.42. The molecule has 0 amide bonds. The second-order valence-corrected chi connectivity index (χ2v) is 9.25. The van der Waals surface area contributed by atoms with Gasteiger partial charge in [-0.25, -0.2) is 0 Å². The fourth-order valence-electron chi connectivity index (χ4n) is 5.22. The lowest BCUT2D eigenvalue weighted by Crippen LogP contribution is -2.36. The molecule has 0 radical (unpaired) electrons. The van der Waals surface area contributed by atoms with E-state index in [-0.39, 0.29) is 18.2 Å². The smallest absolute Gasteiger partial charge is 0.170 e. The van der Waals surface area contributed by atoms with Crippen molar-refractivity contribution in [3.05, 3.63) is 82.9 Å². The molecule has 0 bridgehead atoms. The van der Waals surface area contributed by atoms with Crippen LogP contribution in [-0.4, -0.2) is 38.8 Å². The van der Waals surface area contributed by atoms with E-state index in [1.54, 1.807) is 0 Å². The van der Waals surface area contributed by atoms with Gasteiger partial charge in [0.1, 0.15) is 0 Å². The average molecular weight is 447 g/mol. The first-order chi connectivity index (χ1) is 15.5. The molecule has 2 aliphatic rings. The van der Waals surface area contributed by atoms with Crippen molar-refractivity contribution in [2.45, 2.75) is 51.8 Å². The van der Waals surface area contributed by atoms with E-state index in [2.05, 4.69) is 76.9 Å². The summed E-state index contributed by atoms with van der Waals surface area (Å²) in [6.07, 6.45) is 4.28. The molecular weight excluding hydrogens is 416 g/mol. The quantitative estimate of drug-likeness (QED) is 0.562. The zero-order valence-corrected chi connectivity index (χ0v) is 19.7. The van der Waals surface area contributed by atoms with Crippen LogP contribution in [0.4, 0.5) is 0 Å². The maximum Gasteiger partial charge on any atom is 0.170 e. The number of rotatable bonds is 5. The summed E-state index contributed by atoms with van der Waals surface area (Å²) in [5.74, 6) is 0. The molecule has 6 heteroatoms. The number of hydrogen-bond donors (Lipinski definition) is 1. The zero-order valence-electron chi connectivity index (χ0n) is 18.9. The Morgan fingerprint density at radius 3 is 2.66 bits per heavy atom. The first kappa shape index (κ1) is 21.2. The van der Waals surface area contributed by atoms with Crippen LogP contribution in [0.5, 0.6) is 0 Å². The van der Waals surface area contributed by atoms with E-state index in [1.165, 1.54) is 28.2 Å². The van der Waals surface area contributed by atoms with Gasteiger partial charge in [-0.15, -0.1) is 0 Å². The molecule has 0 saturated carbocycles. The minimum Gasteiger partial charge on any atom is -0.376 e. The van der Waals surface area contributed by atoms with Crippen molar-refractivity contribution in [1.82, 2.24) is 19.8 Å². The van der Waals surface area contributed by atoms with Gasteiger partial charge in [0.25, 0.3) is 0 Å². The second-order valence-electron chi connectivity index (χ2n) is 8.86. The molecule has 5 nitrogen and oxygen atoms in total. The van der Waals surface area contributed by atoms with Crippen LogP contribution in [0, 0.1) is 20.8 Å². The number of nitrogens with zero attached hydrogens (tertiary/aromatic N) is 3. The summed E-state index contributed by atoms with van der Waals surface area (Å²) in [6.45, 7) is 8.21. The number of thiocarbonyl (C=S) groups is 1. The summed E-state index contributed by atoms with van der Waals surface area (Å²) in [5, 5.41) is 4.36. The van der Waals surface area contributed by atoms with Crippen molar-refractivity contribution in [2.75, 3.05) is 13.2 Å². The van der Waals surface area contributed by atoms with E-state index in [4.69, 9.17) is 17.0 Å². The lowest BCUT2D eigenvalue weighted by Gasteiger charge is -2.30. The Morgan fingerprint density at radius 1 is 1.12 bits per heavy atom. The molecule has 2 aromatic heterocycles. The average Bonchev–Trinajstić information content (AvgIpc) is 3.49. The minimum atomic E-state index is -0.00377. The molecule has 4 heterocycles. The maximum absolute atomic E-state index is 5.98. The molecule has 166 valence electrons. The van der Waals surface area contributed by atoms with Crippen LogP contribution in [0.15, 0.2) is 54.7 Å². The summed E-state index contributed by atoms with van der Waals surface area (Å²) in [5.41, 5.74) is 7.25. The summed E-state index contributed by atoms with van der Waals surface area (Å²) in [6, 6.07) is 17.0. The van der Waals surface area contributed by atoms with Gasteiger partial charge in [0.05, 0.1) is 23.9 Å². The molecule has 0 aliphatic carbocycles. The normalized spacial score (nSPS) is 23.0. The van der Waals surface area contributed by atoms with Gasteiger partial charge in [-0.3, -0.25) is 4.98 Å². The Hall–Kier alpha value is -2.70. The fourth-order valence-corrected chi connectivity index (χ4v) is 5.54. The highest BCUT2D eigenvalue weighted by atomic mass is 32.1. The number of pyridine rings is 1. The largest absolute Gasteiger partial charge is 0.376 e. The monoisotopic (exact) mass is 446 g/mol. The summed E-state index contributed by atoms with van der Waals surface area (Å²) >= 11 is 5.85. The maximum atomic E-state index is 5.98. The Kier molecular flexibility index (Phi) is 5.74. The van der Waals surface area contributed by atoms with Crippen molar-refractivity contribution in [1.29, 1.82) is 0 Å². The standard InChI is InChI=1S/C26H30N4OS/c1-17-9-4-5-12-23(17)30-18(2)15-21(19(30)3)25-24(22-11-6-7-13-27-22)28-26(32)29(25)16-20-10-8-14-31-20/h4-7,9,11-13,15,20,24-25H,8,10,14,16H2,1-3H3,(H,28,32)/t20-,24+,25-/m0/s1. The van der Waals surface area contributed by atoms with Crippen molar-refractivity contribution >= 4 is 17.3 Å². The third kappa shape index (κ3) is 3.71. The minimum absolute atomic E-state index is 0.00377. The fraction of sp³-hybridized carbons (Fsp3) is 0.385. The molecule has 5 rings (SSSR count). The number of benzene rings is 1. The van der Waals surface area contributed by atoms with Crippen molar-refractivity contribution in [3.8, 4) is 5.69 Å². The molecule has 0 spiro atoms. The van der Waals surface area contributed by atoms with E-state index in [0.717, 1.165) is 36.8 Å². The van der Waals surface area contributed by atoms with Crippen LogP contribution >= 0.6 is 12.2 Å². The molecule has 1 N–H and O–H groups in total. The third-order valence-electron chi connectivity index (χ3n) is 6.77. The number of ether oxygens (including phenoxy) is 1. The van der Waals surface area contributed by atoms with Crippen LogP contribution in [0.3, 0.4) is 0 Å². The molecule has 3 aromatic rings. The lowest BCUT2D eigenvalue weighted by atomic mass is 9.96. The Labute approximate surface area is 195 Å². The van der Waals surface area contributed by atoms with Gasteiger partial charge in [-0.05, 0) is 81.2 Å². The number of nitrogens with one attached hydrogen (secondary N) is 1. The molecule has 2 aliphatic heterocycles. The van der Waals surface area contributed by atoms with Gasteiger partial charge in [-0.2, -0.15) is 0 Å². The number of para-hydroxylation sites is 1. The van der Waals surface area contributed by atoms with Crippen LogP contribution in [0.25, 0.3) is 5.69 Å². The predicted octanol–water partition coefficient (Wildman–Crippen LogP) is 4.95. The van der Waals surface area contributed by atoms with Gasteiger partial charge in [0.15, 0.2) is 5.11 Å². The molecule has 2 saturated heterocycles. The second kappa shape index (κ2) is 8.68. The molecule has 3 atom stereocenters. The molecule has 32 heavy (non-hydrogen) atoms. The first-order valence-corrected chi connectivity index (χ1v) is 11.8. The van der Waals surface area contributed by atoms with Crippen LogP contribution < -0.4 is 5.32 Å². The van der Waals surface area contributed by atoms with E-state index < -0.39 is 0 Å². The Bertz CT molecular complexity index is 1120. The van der Waals surface area contributed by atoms with Gasteiger partial charge in [0, 0.05) is 36.4 Å². The first-order valence-electron chi connectivity index (χ1n) is 11.4. The van der Waals surface area contributed by atoms with Gasteiger partial charge in [-0.1, -0.05) is 24.3 Å². The predicted molar refractivity (Wildman–Crippen MR) is 131 cm³/mol. The van der Waals surface area contributed by atoms with Gasteiger partial charge in [0.2, 0.25) is 0 Å². The van der Waals surface area contributed by atoms with E-state index in [1.807, 2.05) is 18.3 Å². The Balaban J connectivity index is 1.60. The molecule has 0 unspecified atom stereocenters.